The Labute approximate surface area is 165 Å². The average molecular weight is 373 g/mol. The second-order valence-electron chi connectivity index (χ2n) is 7.44. The van der Waals surface area contributed by atoms with E-state index >= 15 is 0 Å². The van der Waals surface area contributed by atoms with Crippen molar-refractivity contribution in [3.05, 3.63) is 91.1 Å². The summed E-state index contributed by atoms with van der Waals surface area (Å²) in [7, 11) is 0. The van der Waals surface area contributed by atoms with Crippen molar-refractivity contribution in [3.63, 3.8) is 0 Å². The van der Waals surface area contributed by atoms with E-state index < -0.39 is 0 Å². The van der Waals surface area contributed by atoms with E-state index in [9.17, 15) is 0 Å². The van der Waals surface area contributed by atoms with Gasteiger partial charge in [0.15, 0.2) is 0 Å². The molecule has 0 fully saturated rings. The summed E-state index contributed by atoms with van der Waals surface area (Å²) in [6.07, 6.45) is 2.29. The molecule has 0 aliphatic carbocycles. The Hall–Kier alpha value is -3.36. The lowest BCUT2D eigenvalue weighted by Gasteiger charge is -2.10. The van der Waals surface area contributed by atoms with Gasteiger partial charge in [-0.05, 0) is 23.6 Å². The number of rotatable bonds is 0. The average Bonchev–Trinajstić information content (AvgIpc) is 3.31. The van der Waals surface area contributed by atoms with Crippen LogP contribution in [0.15, 0.2) is 91.1 Å². The maximum atomic E-state index is 2.40. The Morgan fingerprint density at radius 1 is 0.536 bits per heavy atom. The van der Waals surface area contributed by atoms with Gasteiger partial charge in [0.1, 0.15) is 0 Å². The van der Waals surface area contributed by atoms with Gasteiger partial charge in [-0.1, -0.05) is 66.7 Å². The summed E-state index contributed by atoms with van der Waals surface area (Å²) in [6, 6.07) is 31.0. The highest BCUT2D eigenvalue weighted by atomic mass is 32.1. The van der Waals surface area contributed by atoms with E-state index in [1.807, 2.05) is 11.3 Å². The molecule has 0 spiro atoms. The molecule has 0 aliphatic heterocycles. The van der Waals surface area contributed by atoms with Crippen LogP contribution in [0, 0.1) is 0 Å². The first-order valence-corrected chi connectivity index (χ1v) is 10.4. The van der Waals surface area contributed by atoms with Crippen LogP contribution in [-0.4, -0.2) is 4.40 Å². The molecule has 1 nitrogen and oxygen atoms in total. The van der Waals surface area contributed by atoms with Crippen molar-refractivity contribution in [1.29, 1.82) is 0 Å². The number of pyridine rings is 1. The Bertz CT molecular complexity index is 1720. The van der Waals surface area contributed by atoms with Gasteiger partial charge >= 0.3 is 0 Å². The van der Waals surface area contributed by atoms with Crippen molar-refractivity contribution in [2.24, 2.45) is 0 Å². The number of hydrogen-bond donors (Lipinski definition) is 0. The van der Waals surface area contributed by atoms with Crippen LogP contribution < -0.4 is 0 Å². The minimum absolute atomic E-state index is 1.28. The lowest BCUT2D eigenvalue weighted by molar-refractivity contribution is 1.30. The van der Waals surface area contributed by atoms with Gasteiger partial charge in [-0.2, -0.15) is 0 Å². The van der Waals surface area contributed by atoms with Crippen molar-refractivity contribution < 1.29 is 0 Å². The van der Waals surface area contributed by atoms with Crippen molar-refractivity contribution in [3.8, 4) is 0 Å². The van der Waals surface area contributed by atoms with Gasteiger partial charge in [-0.3, -0.25) is 0 Å². The molecular formula is C26H15NS. The third-order valence-corrected chi connectivity index (χ3v) is 7.09. The molecule has 0 saturated heterocycles. The fraction of sp³-hybridized carbons (Fsp3) is 0. The van der Waals surface area contributed by atoms with Gasteiger partial charge < -0.3 is 4.40 Å². The molecule has 0 radical (unpaired) electrons. The first-order chi connectivity index (χ1) is 13.9. The largest absolute Gasteiger partial charge is 0.315 e. The first-order valence-electron chi connectivity index (χ1n) is 9.54. The van der Waals surface area contributed by atoms with E-state index in [1.54, 1.807) is 0 Å². The molecule has 2 heteroatoms. The van der Waals surface area contributed by atoms with Gasteiger partial charge in [-0.15, -0.1) is 11.3 Å². The maximum absolute atomic E-state index is 2.40. The summed E-state index contributed by atoms with van der Waals surface area (Å²) in [5, 5.41) is 9.27. The summed E-state index contributed by atoms with van der Waals surface area (Å²) >= 11 is 1.88. The molecule has 0 aliphatic rings. The number of nitrogens with zero attached hydrogens (tertiary/aromatic N) is 1. The predicted molar refractivity (Wildman–Crippen MR) is 123 cm³/mol. The highest BCUT2D eigenvalue weighted by molar-refractivity contribution is 7.25. The van der Waals surface area contributed by atoms with Crippen LogP contribution in [0.5, 0.6) is 0 Å². The third-order valence-electron chi connectivity index (χ3n) is 5.95. The van der Waals surface area contributed by atoms with Crippen LogP contribution in [0.1, 0.15) is 0 Å². The second kappa shape index (κ2) is 5.12. The van der Waals surface area contributed by atoms with Crippen molar-refractivity contribution in [2.75, 3.05) is 0 Å². The number of thiophene rings is 1. The molecular weight excluding hydrogens is 358 g/mol. The SMILES string of the molecule is c1ccc2c(c1)cn1c3cc4sc5ccccc5c4cc3c3ccccc3c21. The van der Waals surface area contributed by atoms with Gasteiger partial charge in [0.05, 0.1) is 11.0 Å². The van der Waals surface area contributed by atoms with Crippen LogP contribution in [0.2, 0.25) is 0 Å². The molecule has 130 valence electrons. The zero-order valence-electron chi connectivity index (χ0n) is 15.0. The molecule has 0 bridgehead atoms. The fourth-order valence-electron chi connectivity index (χ4n) is 4.72. The molecule has 4 aromatic carbocycles. The van der Waals surface area contributed by atoms with E-state index in [2.05, 4.69) is 95.5 Å². The molecule has 3 aromatic heterocycles. The third kappa shape index (κ3) is 1.76. The monoisotopic (exact) mass is 373 g/mol. The van der Waals surface area contributed by atoms with E-state index in [0.717, 1.165) is 0 Å². The molecule has 0 unspecified atom stereocenters. The van der Waals surface area contributed by atoms with E-state index in [0.29, 0.717) is 0 Å². The van der Waals surface area contributed by atoms with E-state index in [4.69, 9.17) is 0 Å². The molecule has 28 heavy (non-hydrogen) atoms. The van der Waals surface area contributed by atoms with Gasteiger partial charge in [0.2, 0.25) is 0 Å². The normalized spacial score (nSPS) is 12.3. The number of hydrogen-bond acceptors (Lipinski definition) is 1. The zero-order valence-corrected chi connectivity index (χ0v) is 15.8. The fourth-order valence-corrected chi connectivity index (χ4v) is 5.84. The van der Waals surface area contributed by atoms with Gasteiger partial charge in [0, 0.05) is 47.9 Å². The summed E-state index contributed by atoms with van der Waals surface area (Å²) in [6.45, 7) is 0. The van der Waals surface area contributed by atoms with Crippen LogP contribution in [0.3, 0.4) is 0 Å². The first kappa shape index (κ1) is 14.7. The van der Waals surface area contributed by atoms with E-state index in [-0.39, 0.29) is 0 Å². The number of fused-ring (bicyclic) bond motifs is 11. The Balaban J connectivity index is 1.83. The van der Waals surface area contributed by atoms with Crippen LogP contribution >= 0.6 is 11.3 Å². The Morgan fingerprint density at radius 3 is 2.14 bits per heavy atom. The van der Waals surface area contributed by atoms with E-state index in [1.165, 1.54) is 58.1 Å². The van der Waals surface area contributed by atoms with Gasteiger partial charge in [0.25, 0.3) is 0 Å². The smallest absolute Gasteiger partial charge is 0.0613 e. The molecule has 0 saturated carbocycles. The van der Waals surface area contributed by atoms with Gasteiger partial charge in [-0.25, -0.2) is 0 Å². The maximum Gasteiger partial charge on any atom is 0.0613 e. The lowest BCUT2D eigenvalue weighted by atomic mass is 10.0. The molecule has 3 heterocycles. The number of benzene rings is 4. The quantitative estimate of drug-likeness (QED) is 0.239. The molecule has 7 aromatic rings. The van der Waals surface area contributed by atoms with Crippen molar-refractivity contribution >= 4 is 69.5 Å². The van der Waals surface area contributed by atoms with Crippen LogP contribution in [0.25, 0.3) is 58.1 Å². The summed E-state index contributed by atoms with van der Waals surface area (Å²) < 4.78 is 5.10. The summed E-state index contributed by atoms with van der Waals surface area (Å²) in [5.41, 5.74) is 2.59. The highest BCUT2D eigenvalue weighted by Crippen LogP contribution is 2.40. The number of aromatic nitrogens is 1. The Kier molecular flexibility index (Phi) is 2.68. The topological polar surface area (TPSA) is 4.41 Å². The molecule has 0 N–H and O–H groups in total. The summed E-state index contributed by atoms with van der Waals surface area (Å²) in [5.74, 6) is 0. The van der Waals surface area contributed by atoms with Crippen molar-refractivity contribution in [1.82, 2.24) is 4.40 Å². The minimum atomic E-state index is 1.28. The Morgan fingerprint density at radius 2 is 1.25 bits per heavy atom. The van der Waals surface area contributed by atoms with Crippen LogP contribution in [-0.2, 0) is 0 Å². The zero-order chi connectivity index (χ0) is 18.2. The predicted octanol–water partition coefficient (Wildman–Crippen LogP) is 7.77. The highest BCUT2D eigenvalue weighted by Gasteiger charge is 2.14. The molecule has 7 rings (SSSR count). The molecule has 0 atom stereocenters. The summed E-state index contributed by atoms with van der Waals surface area (Å²) in [4.78, 5) is 0. The lowest BCUT2D eigenvalue weighted by Crippen LogP contribution is -1.89. The minimum Gasteiger partial charge on any atom is -0.315 e. The molecule has 0 amide bonds. The van der Waals surface area contributed by atoms with Crippen LogP contribution in [0.4, 0.5) is 0 Å². The second-order valence-corrected chi connectivity index (χ2v) is 8.53. The van der Waals surface area contributed by atoms with Crippen molar-refractivity contribution in [2.45, 2.75) is 0 Å². The standard InChI is InChI=1S/C26H15NS/c1-2-8-17-16(7-1)15-27-23-14-25-22(19-10-5-6-12-24(19)28-25)13-21(23)18-9-3-4-11-20(18)26(17)27/h1-15H.